The van der Waals surface area contributed by atoms with Crippen LogP contribution in [0.3, 0.4) is 0 Å². The first-order valence-corrected chi connectivity index (χ1v) is 7.03. The van der Waals surface area contributed by atoms with Crippen LogP contribution in [0.5, 0.6) is 5.75 Å². The molecule has 0 aliphatic rings. The monoisotopic (exact) mass is 318 g/mol. The molecule has 3 N–H and O–H groups in total. The molecule has 0 aliphatic heterocycles. The van der Waals surface area contributed by atoms with Crippen molar-refractivity contribution >= 4 is 22.9 Å². The van der Waals surface area contributed by atoms with Crippen LogP contribution < -0.4 is 16.0 Å². The van der Waals surface area contributed by atoms with Crippen molar-refractivity contribution in [2.45, 2.75) is 19.1 Å². The molecular weight excluding hydrogens is 306 g/mol. The van der Waals surface area contributed by atoms with Crippen molar-refractivity contribution < 1.29 is 13.5 Å². The molecule has 1 atom stereocenters. The Balaban J connectivity index is 2.22. The molecule has 0 spiro atoms. The van der Waals surface area contributed by atoms with E-state index in [0.29, 0.717) is 16.3 Å². The maximum atomic E-state index is 12.4. The Hall–Kier alpha value is -1.21. The van der Waals surface area contributed by atoms with Crippen LogP contribution in [-0.4, -0.2) is 6.61 Å². The van der Waals surface area contributed by atoms with E-state index in [2.05, 4.69) is 10.2 Å². The average molecular weight is 319 g/mol. The summed E-state index contributed by atoms with van der Waals surface area (Å²) in [6.45, 7) is -2.87. The molecule has 0 saturated carbocycles. The molecule has 108 valence electrons. The van der Waals surface area contributed by atoms with Crippen molar-refractivity contribution in [1.82, 2.24) is 5.43 Å². The number of thiophene rings is 1. The lowest BCUT2D eigenvalue weighted by Crippen LogP contribution is -2.30. The minimum Gasteiger partial charge on any atom is -0.434 e. The molecule has 1 heterocycles. The second-order valence-electron chi connectivity index (χ2n) is 4.05. The van der Waals surface area contributed by atoms with Crippen LogP contribution in [0.2, 0.25) is 4.34 Å². The first kappa shape index (κ1) is 15.2. The highest BCUT2D eigenvalue weighted by molar-refractivity contribution is 7.16. The Labute approximate surface area is 124 Å². The summed E-state index contributed by atoms with van der Waals surface area (Å²) < 4.78 is 30.0. The number of nitrogens with one attached hydrogen (secondary N) is 1. The van der Waals surface area contributed by atoms with Gasteiger partial charge in [0.2, 0.25) is 0 Å². The van der Waals surface area contributed by atoms with Gasteiger partial charge in [-0.15, -0.1) is 11.3 Å². The molecule has 0 saturated heterocycles. The Bertz CT molecular complexity index is 565. The lowest BCUT2D eigenvalue weighted by molar-refractivity contribution is -0.0507. The number of hydrogen-bond acceptors (Lipinski definition) is 4. The molecule has 2 aromatic rings. The highest BCUT2D eigenvalue weighted by Crippen LogP contribution is 2.31. The third kappa shape index (κ3) is 3.89. The van der Waals surface area contributed by atoms with Gasteiger partial charge in [-0.1, -0.05) is 29.8 Å². The van der Waals surface area contributed by atoms with E-state index in [9.17, 15) is 8.78 Å². The fourth-order valence-electron chi connectivity index (χ4n) is 1.89. The maximum absolute atomic E-state index is 12.4. The van der Waals surface area contributed by atoms with Crippen LogP contribution in [-0.2, 0) is 6.42 Å². The van der Waals surface area contributed by atoms with E-state index in [1.54, 1.807) is 24.3 Å². The molecule has 2 rings (SSSR count). The molecule has 7 heteroatoms. The quantitative estimate of drug-likeness (QED) is 0.630. The largest absolute Gasteiger partial charge is 0.434 e. The highest BCUT2D eigenvalue weighted by atomic mass is 35.5. The van der Waals surface area contributed by atoms with Crippen LogP contribution in [0.15, 0.2) is 36.4 Å². The Morgan fingerprint density at radius 1 is 1.25 bits per heavy atom. The number of halogens is 3. The second-order valence-corrected chi connectivity index (χ2v) is 5.85. The van der Waals surface area contributed by atoms with Crippen LogP contribution in [0.1, 0.15) is 16.5 Å². The van der Waals surface area contributed by atoms with E-state index < -0.39 is 6.61 Å². The first-order valence-electron chi connectivity index (χ1n) is 5.84. The summed E-state index contributed by atoms with van der Waals surface area (Å²) in [5.74, 6) is 5.66. The molecular formula is C13H13ClF2N2OS. The average Bonchev–Trinajstić information content (AvgIpc) is 2.82. The van der Waals surface area contributed by atoms with Gasteiger partial charge in [0.1, 0.15) is 5.75 Å². The van der Waals surface area contributed by atoms with E-state index in [1.807, 2.05) is 6.07 Å². The topological polar surface area (TPSA) is 47.3 Å². The number of para-hydroxylation sites is 1. The van der Waals surface area contributed by atoms with Gasteiger partial charge >= 0.3 is 6.61 Å². The van der Waals surface area contributed by atoms with Gasteiger partial charge in [0, 0.05) is 16.9 Å². The lowest BCUT2D eigenvalue weighted by atomic mass is 10.0. The number of rotatable bonds is 6. The molecule has 0 fully saturated rings. The number of alkyl halides is 2. The summed E-state index contributed by atoms with van der Waals surface area (Å²) in [4.78, 5) is 1.00. The van der Waals surface area contributed by atoms with Crippen molar-refractivity contribution in [1.29, 1.82) is 0 Å². The van der Waals surface area contributed by atoms with Crippen LogP contribution in [0, 0.1) is 0 Å². The number of benzene rings is 1. The molecule has 0 bridgehead atoms. The van der Waals surface area contributed by atoms with Gasteiger partial charge in [-0.25, -0.2) is 0 Å². The van der Waals surface area contributed by atoms with Gasteiger partial charge in [0.25, 0.3) is 0 Å². The van der Waals surface area contributed by atoms with E-state index >= 15 is 0 Å². The van der Waals surface area contributed by atoms with Crippen LogP contribution >= 0.6 is 22.9 Å². The third-order valence-electron chi connectivity index (χ3n) is 2.75. The van der Waals surface area contributed by atoms with Crippen molar-refractivity contribution in [2.75, 3.05) is 0 Å². The molecule has 1 unspecified atom stereocenters. The van der Waals surface area contributed by atoms with Crippen LogP contribution in [0.25, 0.3) is 0 Å². The standard InChI is InChI=1S/C13H13ClF2N2OS/c14-12-6-5-8(20-12)7-10(18-17)9-3-1-2-4-11(9)19-13(15)16/h1-6,10,13,18H,7,17H2. The summed E-state index contributed by atoms with van der Waals surface area (Å²) in [7, 11) is 0. The van der Waals surface area contributed by atoms with E-state index in [1.165, 1.54) is 17.4 Å². The van der Waals surface area contributed by atoms with E-state index in [0.717, 1.165) is 4.88 Å². The number of hydrogen-bond donors (Lipinski definition) is 2. The predicted molar refractivity (Wildman–Crippen MR) is 76.2 cm³/mol. The van der Waals surface area contributed by atoms with Gasteiger partial charge in [0.05, 0.1) is 10.4 Å². The molecule has 0 amide bonds. The fourth-order valence-corrected chi connectivity index (χ4v) is 3.03. The summed E-state index contributed by atoms with van der Waals surface area (Å²) in [6.07, 6.45) is 0.539. The summed E-state index contributed by atoms with van der Waals surface area (Å²) >= 11 is 7.30. The van der Waals surface area contributed by atoms with Crippen molar-refractivity contribution in [3.63, 3.8) is 0 Å². The Morgan fingerprint density at radius 2 is 2.00 bits per heavy atom. The Morgan fingerprint density at radius 3 is 2.60 bits per heavy atom. The summed E-state index contributed by atoms with van der Waals surface area (Å²) in [5, 5.41) is 0. The molecule has 20 heavy (non-hydrogen) atoms. The van der Waals surface area contributed by atoms with E-state index in [-0.39, 0.29) is 11.8 Å². The third-order valence-corrected chi connectivity index (χ3v) is 4.00. The normalized spacial score (nSPS) is 12.7. The summed E-state index contributed by atoms with van der Waals surface area (Å²) in [6, 6.07) is 9.92. The Kier molecular flexibility index (Phi) is 5.31. The first-order chi connectivity index (χ1) is 9.60. The minimum absolute atomic E-state index is 0.119. The molecule has 0 aliphatic carbocycles. The van der Waals surface area contributed by atoms with Crippen molar-refractivity contribution in [3.05, 3.63) is 51.2 Å². The van der Waals surface area contributed by atoms with E-state index in [4.69, 9.17) is 17.4 Å². The zero-order valence-electron chi connectivity index (χ0n) is 10.4. The van der Waals surface area contributed by atoms with Crippen molar-refractivity contribution in [3.8, 4) is 5.75 Å². The lowest BCUT2D eigenvalue weighted by Gasteiger charge is -2.19. The predicted octanol–water partition coefficient (Wildman–Crippen LogP) is 3.75. The van der Waals surface area contributed by atoms with Crippen LogP contribution in [0.4, 0.5) is 8.78 Å². The highest BCUT2D eigenvalue weighted by Gasteiger charge is 2.18. The zero-order chi connectivity index (χ0) is 14.5. The van der Waals surface area contributed by atoms with Crippen molar-refractivity contribution in [2.24, 2.45) is 5.84 Å². The number of ether oxygens (including phenoxy) is 1. The second kappa shape index (κ2) is 6.99. The molecule has 3 nitrogen and oxygen atoms in total. The smallest absolute Gasteiger partial charge is 0.387 e. The number of nitrogens with two attached hydrogens (primary N) is 1. The fraction of sp³-hybridized carbons (Fsp3) is 0.231. The minimum atomic E-state index is -2.87. The van der Waals surface area contributed by atoms with Gasteiger partial charge in [0.15, 0.2) is 0 Å². The van der Waals surface area contributed by atoms with Gasteiger partial charge in [-0.3, -0.25) is 11.3 Å². The SMILES string of the molecule is NNC(Cc1ccc(Cl)s1)c1ccccc1OC(F)F. The molecule has 0 radical (unpaired) electrons. The zero-order valence-corrected chi connectivity index (χ0v) is 11.9. The van der Waals surface area contributed by atoms with Gasteiger partial charge in [-0.05, 0) is 18.2 Å². The van der Waals surface area contributed by atoms with Gasteiger partial charge in [-0.2, -0.15) is 8.78 Å². The summed E-state index contributed by atoms with van der Waals surface area (Å²) in [5.41, 5.74) is 3.21. The number of hydrazine groups is 1. The van der Waals surface area contributed by atoms with Gasteiger partial charge < -0.3 is 4.74 Å². The maximum Gasteiger partial charge on any atom is 0.387 e. The molecule has 1 aromatic carbocycles. The molecule has 1 aromatic heterocycles.